The largest absolute Gasteiger partial charge is 0.467 e. The Labute approximate surface area is 203 Å². The van der Waals surface area contributed by atoms with Crippen molar-refractivity contribution in [1.82, 2.24) is 10.3 Å². The summed E-state index contributed by atoms with van der Waals surface area (Å²) in [5.74, 6) is 0.0910. The molecule has 2 aromatic carbocycles. The first kappa shape index (κ1) is 23.4. The van der Waals surface area contributed by atoms with Crippen LogP contribution in [-0.2, 0) is 11.3 Å². The fourth-order valence-electron chi connectivity index (χ4n) is 3.94. The van der Waals surface area contributed by atoms with Crippen molar-refractivity contribution in [1.29, 1.82) is 0 Å². The summed E-state index contributed by atoms with van der Waals surface area (Å²) < 4.78 is 5.38. The van der Waals surface area contributed by atoms with E-state index in [0.717, 1.165) is 16.1 Å². The number of carbonyl (C=O) groups excluding carboxylic acids is 2. The van der Waals surface area contributed by atoms with Gasteiger partial charge in [-0.3, -0.25) is 14.5 Å². The second-order valence-electron chi connectivity index (χ2n) is 8.15. The Morgan fingerprint density at radius 1 is 1.00 bits per heavy atom. The van der Waals surface area contributed by atoms with Crippen molar-refractivity contribution in [3.05, 3.63) is 105 Å². The van der Waals surface area contributed by atoms with E-state index in [1.54, 1.807) is 23.3 Å². The first-order valence-corrected chi connectivity index (χ1v) is 11.9. The minimum atomic E-state index is -0.883. The lowest BCUT2D eigenvalue weighted by Gasteiger charge is -2.32. The van der Waals surface area contributed by atoms with Crippen LogP contribution in [0, 0.1) is 27.7 Å². The molecule has 34 heavy (non-hydrogen) atoms. The number of amides is 2. The zero-order valence-corrected chi connectivity index (χ0v) is 20.5. The van der Waals surface area contributed by atoms with Crippen molar-refractivity contribution in [2.45, 2.75) is 40.3 Å². The lowest BCUT2D eigenvalue weighted by atomic mass is 10.00. The molecule has 0 saturated carbocycles. The zero-order valence-electron chi connectivity index (χ0n) is 19.7. The van der Waals surface area contributed by atoms with Gasteiger partial charge in [0.1, 0.15) is 16.7 Å². The summed E-state index contributed by atoms with van der Waals surface area (Å²) in [5, 5.41) is 3.76. The van der Waals surface area contributed by atoms with Crippen molar-refractivity contribution in [2.75, 3.05) is 4.90 Å². The number of hydrogen-bond donors (Lipinski definition) is 1. The summed E-state index contributed by atoms with van der Waals surface area (Å²) in [4.78, 5) is 34.4. The van der Waals surface area contributed by atoms with Gasteiger partial charge in [-0.25, -0.2) is 4.98 Å². The third kappa shape index (κ3) is 4.79. The third-order valence-electron chi connectivity index (χ3n) is 5.79. The number of aryl methyl sites for hydroxylation is 3. The molecule has 6 nitrogen and oxygen atoms in total. The molecule has 7 heteroatoms. The summed E-state index contributed by atoms with van der Waals surface area (Å²) in [6.07, 6.45) is 1.57. The molecule has 4 aromatic rings. The number of aromatic nitrogens is 1. The number of nitrogens with zero attached hydrogens (tertiary/aromatic N) is 2. The lowest BCUT2D eigenvalue weighted by molar-refractivity contribution is -0.122. The van der Waals surface area contributed by atoms with Gasteiger partial charge in [0, 0.05) is 5.69 Å². The smallest absolute Gasteiger partial charge is 0.271 e. The van der Waals surface area contributed by atoms with Crippen LogP contribution in [-0.4, -0.2) is 16.8 Å². The van der Waals surface area contributed by atoms with Crippen molar-refractivity contribution in [3.8, 4) is 0 Å². The predicted molar refractivity (Wildman–Crippen MR) is 134 cm³/mol. The van der Waals surface area contributed by atoms with Gasteiger partial charge in [0.05, 0.1) is 23.5 Å². The van der Waals surface area contributed by atoms with E-state index in [-0.39, 0.29) is 18.4 Å². The molecule has 174 valence electrons. The molecule has 0 radical (unpaired) electrons. The fourth-order valence-corrected chi connectivity index (χ4v) is 4.80. The van der Waals surface area contributed by atoms with Gasteiger partial charge in [0.2, 0.25) is 5.91 Å². The lowest BCUT2D eigenvalue weighted by Crippen LogP contribution is -2.44. The molecule has 1 N–H and O–H groups in total. The molecule has 1 atom stereocenters. The molecule has 0 aliphatic carbocycles. The molecule has 2 amide bonds. The number of thiazole rings is 1. The second kappa shape index (κ2) is 10.1. The summed E-state index contributed by atoms with van der Waals surface area (Å²) >= 11 is 1.34. The van der Waals surface area contributed by atoms with E-state index in [4.69, 9.17) is 4.42 Å². The van der Waals surface area contributed by atoms with Gasteiger partial charge in [0.25, 0.3) is 5.91 Å². The number of nitrogens with one attached hydrogen (secondary N) is 1. The summed E-state index contributed by atoms with van der Waals surface area (Å²) in [6.45, 7) is 7.90. The van der Waals surface area contributed by atoms with Gasteiger partial charge < -0.3 is 9.73 Å². The standard InChI is InChI=1S/C27H27N3O3S/c1-17-10-8-14-23(18(17)2)30(27(32)25-19(3)29-20(4)34-25)24(21-11-6-5-7-12-21)26(31)28-16-22-13-9-15-33-22/h5-15,24H,16H2,1-4H3,(H,28,31). The maximum atomic E-state index is 14.1. The van der Waals surface area contributed by atoms with E-state index in [2.05, 4.69) is 10.3 Å². The molecule has 0 bridgehead atoms. The van der Waals surface area contributed by atoms with Crippen LogP contribution in [0.25, 0.3) is 0 Å². The normalized spacial score (nSPS) is 11.8. The molecule has 2 aromatic heterocycles. The average molecular weight is 474 g/mol. The van der Waals surface area contributed by atoms with Gasteiger partial charge in [-0.1, -0.05) is 42.5 Å². The molecule has 0 spiro atoms. The molecule has 1 unspecified atom stereocenters. The molecule has 2 heterocycles. The fraction of sp³-hybridized carbons (Fsp3) is 0.222. The quantitative estimate of drug-likeness (QED) is 0.375. The van der Waals surface area contributed by atoms with Gasteiger partial charge in [0.15, 0.2) is 0 Å². The van der Waals surface area contributed by atoms with Gasteiger partial charge in [-0.15, -0.1) is 11.3 Å². The Bertz CT molecular complexity index is 1300. The average Bonchev–Trinajstić information content (AvgIpc) is 3.47. The first-order chi connectivity index (χ1) is 16.4. The van der Waals surface area contributed by atoms with Gasteiger partial charge >= 0.3 is 0 Å². The Kier molecular flexibility index (Phi) is 6.93. The van der Waals surface area contributed by atoms with Crippen molar-refractivity contribution in [3.63, 3.8) is 0 Å². The number of anilines is 1. The molecule has 0 saturated heterocycles. The number of furan rings is 1. The topological polar surface area (TPSA) is 75.4 Å². The monoisotopic (exact) mass is 473 g/mol. The van der Waals surface area contributed by atoms with Gasteiger partial charge in [-0.05, 0) is 62.6 Å². The maximum Gasteiger partial charge on any atom is 0.271 e. The Balaban J connectivity index is 1.85. The van der Waals surface area contributed by atoms with Crippen molar-refractivity contribution in [2.24, 2.45) is 0 Å². The van der Waals surface area contributed by atoms with Crippen LogP contribution in [0.2, 0.25) is 0 Å². The highest BCUT2D eigenvalue weighted by Gasteiger charge is 2.35. The molecule has 0 aliphatic rings. The van der Waals surface area contributed by atoms with Crippen molar-refractivity contribution < 1.29 is 14.0 Å². The molecular weight excluding hydrogens is 446 g/mol. The van der Waals surface area contributed by atoms with Gasteiger partial charge in [-0.2, -0.15) is 0 Å². The third-order valence-corrected chi connectivity index (χ3v) is 6.85. The number of rotatable bonds is 7. The van der Waals surface area contributed by atoms with E-state index in [1.807, 2.05) is 76.2 Å². The molecule has 0 aliphatic heterocycles. The van der Waals surface area contributed by atoms with E-state index < -0.39 is 6.04 Å². The highest BCUT2D eigenvalue weighted by atomic mass is 32.1. The highest BCUT2D eigenvalue weighted by Crippen LogP contribution is 2.34. The first-order valence-electron chi connectivity index (χ1n) is 11.1. The van der Waals surface area contributed by atoms with E-state index in [0.29, 0.717) is 27.6 Å². The summed E-state index contributed by atoms with van der Waals surface area (Å²) in [7, 11) is 0. The number of carbonyl (C=O) groups is 2. The second-order valence-corrected chi connectivity index (χ2v) is 9.36. The predicted octanol–water partition coefficient (Wildman–Crippen LogP) is 5.67. The number of hydrogen-bond acceptors (Lipinski definition) is 5. The van der Waals surface area contributed by atoms with Crippen LogP contribution < -0.4 is 10.2 Å². The van der Waals surface area contributed by atoms with Crippen molar-refractivity contribution >= 4 is 28.8 Å². The van der Waals surface area contributed by atoms with E-state index in [1.165, 1.54) is 11.3 Å². The van der Waals surface area contributed by atoms with Crippen LogP contribution in [0.4, 0.5) is 5.69 Å². The van der Waals surface area contributed by atoms with E-state index in [9.17, 15) is 9.59 Å². The zero-order chi connectivity index (χ0) is 24.2. The molecule has 0 fully saturated rings. The molecule has 4 rings (SSSR count). The van der Waals surface area contributed by atoms with Crippen LogP contribution in [0.5, 0.6) is 0 Å². The van der Waals surface area contributed by atoms with E-state index >= 15 is 0 Å². The Hall–Kier alpha value is -3.71. The Morgan fingerprint density at radius 3 is 2.41 bits per heavy atom. The van der Waals surface area contributed by atoms with Crippen LogP contribution in [0.1, 0.15) is 48.9 Å². The van der Waals surface area contributed by atoms with Crippen LogP contribution >= 0.6 is 11.3 Å². The maximum absolute atomic E-state index is 14.1. The minimum absolute atomic E-state index is 0.225. The molecular formula is C27H27N3O3S. The Morgan fingerprint density at radius 2 is 1.76 bits per heavy atom. The summed E-state index contributed by atoms with van der Waals surface area (Å²) in [6, 6.07) is 17.9. The minimum Gasteiger partial charge on any atom is -0.467 e. The highest BCUT2D eigenvalue weighted by molar-refractivity contribution is 7.13. The van der Waals surface area contributed by atoms with Crippen LogP contribution in [0.15, 0.2) is 71.3 Å². The van der Waals surface area contributed by atoms with Crippen LogP contribution in [0.3, 0.4) is 0 Å². The number of benzene rings is 2. The SMILES string of the molecule is Cc1nc(C)c(C(=O)N(c2cccc(C)c2C)C(C(=O)NCc2ccco2)c2ccccc2)s1. The summed E-state index contributed by atoms with van der Waals surface area (Å²) in [5.41, 5.74) is 4.04.